The highest BCUT2D eigenvalue weighted by molar-refractivity contribution is 5.16. The standard InChI is InChI=1S/C21H31FN2O2/c22-19-4-1-3-18(15-19)17-23-8-2-9-24(11-10-23)20-5-12-26-21(16-20)6-13-25-14-7-21/h1,3-4,15,20H,2,5-14,16-17H2. The molecular weight excluding hydrogens is 331 g/mol. The van der Waals surface area contributed by atoms with Crippen molar-refractivity contribution < 1.29 is 13.9 Å². The molecular formula is C21H31FN2O2. The third-order valence-corrected chi connectivity index (χ3v) is 6.31. The largest absolute Gasteiger partial charge is 0.381 e. The van der Waals surface area contributed by atoms with Gasteiger partial charge < -0.3 is 9.47 Å². The fourth-order valence-electron chi connectivity index (χ4n) is 4.81. The lowest BCUT2D eigenvalue weighted by Gasteiger charge is -2.46. The van der Waals surface area contributed by atoms with Crippen molar-refractivity contribution in [3.63, 3.8) is 0 Å². The fraction of sp³-hybridized carbons (Fsp3) is 0.714. The van der Waals surface area contributed by atoms with Crippen LogP contribution in [-0.2, 0) is 16.0 Å². The van der Waals surface area contributed by atoms with Crippen LogP contribution in [0.3, 0.4) is 0 Å². The average Bonchev–Trinajstić information content (AvgIpc) is 2.88. The van der Waals surface area contributed by atoms with Crippen LogP contribution >= 0.6 is 0 Å². The summed E-state index contributed by atoms with van der Waals surface area (Å²) in [4.78, 5) is 5.16. The van der Waals surface area contributed by atoms with Crippen molar-refractivity contribution >= 4 is 0 Å². The third-order valence-electron chi connectivity index (χ3n) is 6.31. The van der Waals surface area contributed by atoms with Crippen LogP contribution in [0.1, 0.15) is 37.7 Å². The van der Waals surface area contributed by atoms with Crippen molar-refractivity contribution in [1.29, 1.82) is 0 Å². The molecule has 3 saturated heterocycles. The van der Waals surface area contributed by atoms with Gasteiger partial charge in [0.05, 0.1) is 5.60 Å². The summed E-state index contributed by atoms with van der Waals surface area (Å²) in [7, 11) is 0. The molecule has 5 heteroatoms. The molecule has 3 aliphatic rings. The minimum absolute atomic E-state index is 0.0642. The van der Waals surface area contributed by atoms with Gasteiger partial charge in [-0.25, -0.2) is 4.39 Å². The summed E-state index contributed by atoms with van der Waals surface area (Å²) < 4.78 is 25.2. The Hall–Kier alpha value is -1.01. The number of halogens is 1. The van der Waals surface area contributed by atoms with E-state index in [9.17, 15) is 4.39 Å². The van der Waals surface area contributed by atoms with E-state index in [0.29, 0.717) is 6.04 Å². The summed E-state index contributed by atoms with van der Waals surface area (Å²) in [6.07, 6.45) is 5.57. The van der Waals surface area contributed by atoms with Crippen LogP contribution < -0.4 is 0 Å². The molecule has 0 saturated carbocycles. The fourth-order valence-corrected chi connectivity index (χ4v) is 4.81. The number of ether oxygens (including phenoxy) is 2. The van der Waals surface area contributed by atoms with E-state index in [1.54, 1.807) is 6.07 Å². The molecule has 3 aliphatic heterocycles. The van der Waals surface area contributed by atoms with Crippen LogP contribution in [-0.4, -0.2) is 67.4 Å². The van der Waals surface area contributed by atoms with Crippen molar-refractivity contribution in [2.75, 3.05) is 46.0 Å². The molecule has 3 heterocycles. The summed E-state index contributed by atoms with van der Waals surface area (Å²) in [6.45, 7) is 7.83. The van der Waals surface area contributed by atoms with Crippen LogP contribution in [0.2, 0.25) is 0 Å². The number of rotatable bonds is 3. The number of hydrogen-bond donors (Lipinski definition) is 0. The molecule has 4 nitrogen and oxygen atoms in total. The average molecular weight is 362 g/mol. The monoisotopic (exact) mass is 362 g/mol. The zero-order valence-corrected chi connectivity index (χ0v) is 15.7. The highest BCUT2D eigenvalue weighted by Crippen LogP contribution is 2.36. The third kappa shape index (κ3) is 4.45. The highest BCUT2D eigenvalue weighted by atomic mass is 19.1. The first-order valence-electron chi connectivity index (χ1n) is 10.2. The predicted molar refractivity (Wildman–Crippen MR) is 99.6 cm³/mol. The first kappa shape index (κ1) is 18.4. The van der Waals surface area contributed by atoms with Crippen LogP contribution in [0.4, 0.5) is 4.39 Å². The Kier molecular flexibility index (Phi) is 5.89. The van der Waals surface area contributed by atoms with Crippen molar-refractivity contribution in [1.82, 2.24) is 9.80 Å². The highest BCUT2D eigenvalue weighted by Gasteiger charge is 2.40. The second-order valence-electron chi connectivity index (χ2n) is 8.09. The Labute approximate surface area is 156 Å². The number of hydrogen-bond acceptors (Lipinski definition) is 4. The molecule has 26 heavy (non-hydrogen) atoms. The summed E-state index contributed by atoms with van der Waals surface area (Å²) >= 11 is 0. The summed E-state index contributed by atoms with van der Waals surface area (Å²) in [5.74, 6) is -0.136. The first-order valence-corrected chi connectivity index (χ1v) is 10.2. The summed E-state index contributed by atoms with van der Waals surface area (Å²) in [6, 6.07) is 7.65. The number of benzene rings is 1. The lowest BCUT2D eigenvalue weighted by atomic mass is 9.83. The molecule has 3 fully saturated rings. The van der Waals surface area contributed by atoms with Crippen molar-refractivity contribution in [2.45, 2.75) is 50.3 Å². The molecule has 0 N–H and O–H groups in total. The maximum atomic E-state index is 13.4. The molecule has 144 valence electrons. The Morgan fingerprint density at radius 3 is 2.81 bits per heavy atom. The second kappa shape index (κ2) is 8.34. The van der Waals surface area contributed by atoms with E-state index in [1.165, 1.54) is 12.5 Å². The summed E-state index contributed by atoms with van der Waals surface area (Å²) in [5, 5.41) is 0. The Balaban J connectivity index is 1.33. The van der Waals surface area contributed by atoms with E-state index in [-0.39, 0.29) is 11.4 Å². The van der Waals surface area contributed by atoms with Gasteiger partial charge in [0.2, 0.25) is 0 Å². The topological polar surface area (TPSA) is 24.9 Å². The van der Waals surface area contributed by atoms with Gasteiger partial charge in [0.1, 0.15) is 5.82 Å². The van der Waals surface area contributed by atoms with Crippen molar-refractivity contribution in [3.8, 4) is 0 Å². The molecule has 4 rings (SSSR count). The molecule has 1 aromatic rings. The molecule has 0 radical (unpaired) electrons. The van der Waals surface area contributed by atoms with E-state index in [1.807, 2.05) is 12.1 Å². The molecule has 0 aromatic heterocycles. The number of nitrogens with zero attached hydrogens (tertiary/aromatic N) is 2. The Morgan fingerprint density at radius 2 is 1.96 bits per heavy atom. The van der Waals surface area contributed by atoms with Crippen LogP contribution in [0.15, 0.2) is 24.3 Å². The molecule has 1 unspecified atom stereocenters. The quantitative estimate of drug-likeness (QED) is 0.825. The zero-order valence-electron chi connectivity index (χ0n) is 15.7. The van der Waals surface area contributed by atoms with Gasteiger partial charge in [-0.3, -0.25) is 9.80 Å². The minimum atomic E-state index is -0.136. The SMILES string of the molecule is Fc1cccc(CN2CCCN(C3CCOC4(CCOCC4)C3)CC2)c1. The Morgan fingerprint density at radius 1 is 1.08 bits per heavy atom. The van der Waals surface area contributed by atoms with E-state index >= 15 is 0 Å². The molecule has 1 aromatic carbocycles. The molecule has 0 aliphatic carbocycles. The van der Waals surface area contributed by atoms with Gasteiger partial charge >= 0.3 is 0 Å². The van der Waals surface area contributed by atoms with Crippen LogP contribution in [0.25, 0.3) is 0 Å². The normalized spacial score (nSPS) is 28.1. The van der Waals surface area contributed by atoms with Crippen molar-refractivity contribution in [2.24, 2.45) is 0 Å². The van der Waals surface area contributed by atoms with Crippen LogP contribution in [0, 0.1) is 5.82 Å². The maximum Gasteiger partial charge on any atom is 0.123 e. The van der Waals surface area contributed by atoms with Gasteiger partial charge in [-0.1, -0.05) is 12.1 Å². The minimum Gasteiger partial charge on any atom is -0.381 e. The maximum absolute atomic E-state index is 13.4. The van der Waals surface area contributed by atoms with Gasteiger partial charge in [-0.05, 0) is 62.9 Å². The van der Waals surface area contributed by atoms with Gasteiger partial charge in [-0.2, -0.15) is 0 Å². The van der Waals surface area contributed by atoms with Gasteiger partial charge in [-0.15, -0.1) is 0 Å². The molecule has 1 spiro atoms. The molecule has 0 amide bonds. The first-order chi connectivity index (χ1) is 12.7. The van der Waals surface area contributed by atoms with Crippen LogP contribution in [0.5, 0.6) is 0 Å². The van der Waals surface area contributed by atoms with E-state index in [0.717, 1.165) is 83.8 Å². The smallest absolute Gasteiger partial charge is 0.123 e. The van der Waals surface area contributed by atoms with E-state index in [4.69, 9.17) is 9.47 Å². The second-order valence-corrected chi connectivity index (χ2v) is 8.09. The lowest BCUT2D eigenvalue weighted by molar-refractivity contribution is -0.151. The molecule has 1 atom stereocenters. The van der Waals surface area contributed by atoms with E-state index < -0.39 is 0 Å². The van der Waals surface area contributed by atoms with Gasteiger partial charge in [0, 0.05) is 45.5 Å². The Bertz CT molecular complexity index is 586. The van der Waals surface area contributed by atoms with Crippen molar-refractivity contribution in [3.05, 3.63) is 35.6 Å². The molecule has 0 bridgehead atoms. The summed E-state index contributed by atoms with van der Waals surface area (Å²) in [5.41, 5.74) is 1.14. The van der Waals surface area contributed by atoms with Gasteiger partial charge in [0.25, 0.3) is 0 Å². The van der Waals surface area contributed by atoms with Gasteiger partial charge in [0.15, 0.2) is 0 Å². The lowest BCUT2D eigenvalue weighted by Crippen LogP contribution is -2.51. The zero-order chi connectivity index (χ0) is 17.8. The van der Waals surface area contributed by atoms with E-state index in [2.05, 4.69) is 9.80 Å². The predicted octanol–water partition coefficient (Wildman–Crippen LogP) is 3.06.